The van der Waals surface area contributed by atoms with E-state index in [1.54, 1.807) is 35.0 Å². The van der Waals surface area contributed by atoms with Crippen molar-refractivity contribution in [2.24, 2.45) is 0 Å². The molecule has 4 nitrogen and oxygen atoms in total. The zero-order chi connectivity index (χ0) is 21.5. The standard InChI is InChI=1S/C20H26O4P2S4/c1-21-17-7-11-19(12-8-17)25(27)23-15-5-3-4-6-16-24-26(28,30-29-25)20-13-9-18(22-2)10-14-20/h7-14H,3-6,15-16H2,1-2H3/t25-,26-/m0/s1. The van der Waals surface area contributed by atoms with E-state index in [1.807, 2.05) is 48.5 Å². The van der Waals surface area contributed by atoms with Crippen LogP contribution in [0, 0.1) is 0 Å². The minimum atomic E-state index is -2.35. The molecular formula is C20H26O4P2S4. The molecule has 0 aromatic heterocycles. The largest absolute Gasteiger partial charge is 0.497 e. The van der Waals surface area contributed by atoms with Crippen molar-refractivity contribution >= 4 is 66.0 Å². The smallest absolute Gasteiger partial charge is 0.159 e. The summed E-state index contributed by atoms with van der Waals surface area (Å²) in [4.78, 5) is 0. The van der Waals surface area contributed by atoms with Crippen LogP contribution < -0.4 is 20.1 Å². The van der Waals surface area contributed by atoms with Gasteiger partial charge in [0.2, 0.25) is 0 Å². The van der Waals surface area contributed by atoms with E-state index in [4.69, 9.17) is 42.1 Å². The van der Waals surface area contributed by atoms with Gasteiger partial charge in [0.15, 0.2) is 10.9 Å². The van der Waals surface area contributed by atoms with Gasteiger partial charge in [0.1, 0.15) is 11.5 Å². The molecule has 1 aliphatic heterocycles. The summed E-state index contributed by atoms with van der Waals surface area (Å²) >= 11 is 12.2. The summed E-state index contributed by atoms with van der Waals surface area (Å²) in [5, 5.41) is 2.04. The van der Waals surface area contributed by atoms with E-state index in [9.17, 15) is 0 Å². The van der Waals surface area contributed by atoms with Gasteiger partial charge in [-0.2, -0.15) is 0 Å². The average molecular weight is 521 g/mol. The summed E-state index contributed by atoms with van der Waals surface area (Å²) in [6.45, 7) is 1.34. The average Bonchev–Trinajstić information content (AvgIpc) is 2.79. The van der Waals surface area contributed by atoms with Gasteiger partial charge in [0.25, 0.3) is 0 Å². The van der Waals surface area contributed by atoms with E-state index in [0.29, 0.717) is 13.2 Å². The third kappa shape index (κ3) is 6.49. The van der Waals surface area contributed by atoms with Gasteiger partial charge < -0.3 is 18.5 Å². The van der Waals surface area contributed by atoms with Gasteiger partial charge >= 0.3 is 0 Å². The lowest BCUT2D eigenvalue weighted by Gasteiger charge is -2.27. The Labute approximate surface area is 196 Å². The first kappa shape index (κ1) is 24.6. The maximum atomic E-state index is 6.35. The number of methoxy groups -OCH3 is 2. The highest BCUT2D eigenvalue weighted by Gasteiger charge is 2.30. The van der Waals surface area contributed by atoms with Crippen molar-refractivity contribution in [3.63, 3.8) is 0 Å². The molecule has 1 heterocycles. The third-order valence-corrected chi connectivity index (χ3v) is 22.3. The Balaban J connectivity index is 1.89. The van der Waals surface area contributed by atoms with Crippen LogP contribution in [-0.4, -0.2) is 27.4 Å². The zero-order valence-corrected chi connectivity index (χ0v) is 22.1. The Morgan fingerprint density at radius 2 is 1.03 bits per heavy atom. The highest BCUT2D eigenvalue weighted by Crippen LogP contribution is 2.75. The van der Waals surface area contributed by atoms with Crippen LogP contribution in [0.2, 0.25) is 0 Å². The van der Waals surface area contributed by atoms with Crippen LogP contribution in [0.5, 0.6) is 11.5 Å². The van der Waals surface area contributed by atoms with E-state index < -0.39 is 10.9 Å². The first-order valence-corrected chi connectivity index (χ1v) is 18.5. The van der Waals surface area contributed by atoms with Crippen LogP contribution in [0.3, 0.4) is 0 Å². The van der Waals surface area contributed by atoms with Gasteiger partial charge in [0, 0.05) is 10.6 Å². The predicted octanol–water partition coefficient (Wildman–Crippen LogP) is 6.26. The number of rotatable bonds is 4. The fourth-order valence-corrected chi connectivity index (χ4v) is 22.0. The SMILES string of the molecule is COc1ccc([P@@]2(=S)OCCCCCCO[P@](=S)(c3ccc(OC)cc3)SS2)cc1. The van der Waals surface area contributed by atoms with E-state index in [0.717, 1.165) is 47.8 Å². The highest BCUT2D eigenvalue weighted by molar-refractivity contribution is 9.19. The van der Waals surface area contributed by atoms with Crippen LogP contribution in [0.4, 0.5) is 0 Å². The molecule has 30 heavy (non-hydrogen) atoms. The second-order valence-corrected chi connectivity index (χ2v) is 21.6. The summed E-state index contributed by atoms with van der Waals surface area (Å²) in [6.07, 6.45) is 4.22. The summed E-state index contributed by atoms with van der Waals surface area (Å²) in [5.74, 6) is 1.61. The first-order chi connectivity index (χ1) is 14.5. The molecule has 2 atom stereocenters. The summed E-state index contributed by atoms with van der Waals surface area (Å²) < 4.78 is 23.3. The molecular weight excluding hydrogens is 494 g/mol. The molecule has 1 saturated heterocycles. The minimum absolute atomic E-state index is 0.670. The lowest BCUT2D eigenvalue weighted by molar-refractivity contribution is 0.324. The van der Waals surface area contributed by atoms with E-state index in [-0.39, 0.29) is 0 Å². The fourth-order valence-electron chi connectivity index (χ4n) is 2.82. The molecule has 1 aliphatic rings. The minimum Gasteiger partial charge on any atom is -0.497 e. The van der Waals surface area contributed by atoms with Crippen LogP contribution in [0.25, 0.3) is 0 Å². The van der Waals surface area contributed by atoms with Crippen LogP contribution >= 0.6 is 31.8 Å². The Bertz CT molecular complexity index is 831. The molecule has 0 unspecified atom stereocenters. The van der Waals surface area contributed by atoms with Gasteiger partial charge in [-0.05, 0) is 106 Å². The van der Waals surface area contributed by atoms with Gasteiger partial charge in [-0.15, -0.1) is 0 Å². The first-order valence-electron chi connectivity index (χ1n) is 9.65. The Kier molecular flexibility index (Phi) is 9.61. The van der Waals surface area contributed by atoms with Crippen molar-refractivity contribution in [1.29, 1.82) is 0 Å². The number of hydrogen-bond acceptors (Lipinski definition) is 8. The van der Waals surface area contributed by atoms with Crippen LogP contribution in [-0.2, 0) is 32.7 Å². The second-order valence-electron chi connectivity index (χ2n) is 6.62. The van der Waals surface area contributed by atoms with E-state index >= 15 is 0 Å². The molecule has 0 N–H and O–H groups in total. The predicted molar refractivity (Wildman–Crippen MR) is 139 cm³/mol. The molecule has 164 valence electrons. The molecule has 0 spiro atoms. The van der Waals surface area contributed by atoms with Gasteiger partial charge in [0.05, 0.1) is 27.4 Å². The van der Waals surface area contributed by atoms with Crippen molar-refractivity contribution in [3.8, 4) is 11.5 Å². The molecule has 0 saturated carbocycles. The second kappa shape index (κ2) is 11.7. The van der Waals surface area contributed by atoms with E-state index in [2.05, 4.69) is 0 Å². The molecule has 0 radical (unpaired) electrons. The van der Waals surface area contributed by atoms with Crippen molar-refractivity contribution in [3.05, 3.63) is 48.5 Å². The van der Waals surface area contributed by atoms with Crippen molar-refractivity contribution in [2.45, 2.75) is 25.7 Å². The summed E-state index contributed by atoms with van der Waals surface area (Å²) in [7, 11) is 6.49. The number of ether oxygens (including phenoxy) is 2. The normalized spacial score (nSPS) is 26.2. The maximum Gasteiger partial charge on any atom is 0.159 e. The zero-order valence-electron chi connectivity index (χ0n) is 17.0. The molecule has 2 aromatic rings. The molecule has 2 aromatic carbocycles. The number of hydrogen-bond donors (Lipinski definition) is 0. The monoisotopic (exact) mass is 520 g/mol. The summed E-state index contributed by atoms with van der Waals surface area (Å²) in [6, 6.07) is 15.8. The van der Waals surface area contributed by atoms with Crippen LogP contribution in [0.1, 0.15) is 25.7 Å². The van der Waals surface area contributed by atoms with Crippen molar-refractivity contribution in [2.75, 3.05) is 27.4 Å². The molecule has 3 rings (SSSR count). The lowest BCUT2D eigenvalue weighted by Crippen LogP contribution is -2.08. The Morgan fingerprint density at radius 3 is 1.37 bits per heavy atom. The number of benzene rings is 2. The fraction of sp³-hybridized carbons (Fsp3) is 0.400. The van der Waals surface area contributed by atoms with Gasteiger partial charge in [-0.3, -0.25) is 0 Å². The molecule has 10 heteroatoms. The van der Waals surface area contributed by atoms with Crippen molar-refractivity contribution in [1.82, 2.24) is 0 Å². The molecule has 0 bridgehead atoms. The molecule has 0 amide bonds. The van der Waals surface area contributed by atoms with Gasteiger partial charge in [-0.1, -0.05) is 12.8 Å². The topological polar surface area (TPSA) is 36.9 Å². The Morgan fingerprint density at radius 1 is 0.667 bits per heavy atom. The van der Waals surface area contributed by atoms with Crippen molar-refractivity contribution < 1.29 is 18.5 Å². The summed E-state index contributed by atoms with van der Waals surface area (Å²) in [5.41, 5.74) is -4.70. The molecule has 1 fully saturated rings. The maximum absolute atomic E-state index is 6.35. The Hall–Kier alpha value is -0.0400. The quantitative estimate of drug-likeness (QED) is 0.345. The molecule has 0 aliphatic carbocycles. The lowest BCUT2D eigenvalue weighted by atomic mass is 10.2. The van der Waals surface area contributed by atoms with E-state index in [1.165, 1.54) is 0 Å². The van der Waals surface area contributed by atoms with Gasteiger partial charge in [-0.25, -0.2) is 0 Å². The van der Waals surface area contributed by atoms with Crippen LogP contribution in [0.15, 0.2) is 48.5 Å². The third-order valence-electron chi connectivity index (χ3n) is 4.57. The highest BCUT2D eigenvalue weighted by atomic mass is 33.5.